The topological polar surface area (TPSA) is 52.6 Å². The molecule has 1 heterocycles. The zero-order chi connectivity index (χ0) is 10.4. The summed E-state index contributed by atoms with van der Waals surface area (Å²) in [5.41, 5.74) is 0. The smallest absolute Gasteiger partial charge is 0.236 e. The van der Waals surface area contributed by atoms with E-state index in [-0.39, 0.29) is 18.6 Å². The molecule has 0 radical (unpaired) electrons. The second-order valence-electron chi connectivity index (χ2n) is 3.49. The van der Waals surface area contributed by atoms with Crippen LogP contribution in [0.3, 0.4) is 0 Å². The third-order valence-corrected chi connectivity index (χ3v) is 2.47. The standard InChI is InChI=1S/C10H18N2O2/c1-2-5-11-7-10(14)12-6-3-4-9(12)8-13/h2,9,11,13H,1,3-8H2/t9-/m0/s1. The highest BCUT2D eigenvalue weighted by Crippen LogP contribution is 2.16. The molecule has 4 heteroatoms. The fraction of sp³-hybridized carbons (Fsp3) is 0.700. The number of likely N-dealkylation sites (tertiary alicyclic amines) is 1. The van der Waals surface area contributed by atoms with Gasteiger partial charge in [-0.15, -0.1) is 6.58 Å². The number of nitrogens with one attached hydrogen (secondary N) is 1. The van der Waals surface area contributed by atoms with Crippen LogP contribution in [0.1, 0.15) is 12.8 Å². The molecule has 1 amide bonds. The van der Waals surface area contributed by atoms with Gasteiger partial charge in [0.15, 0.2) is 0 Å². The summed E-state index contributed by atoms with van der Waals surface area (Å²) < 4.78 is 0. The van der Waals surface area contributed by atoms with Crippen molar-refractivity contribution in [3.8, 4) is 0 Å². The highest BCUT2D eigenvalue weighted by molar-refractivity contribution is 5.78. The van der Waals surface area contributed by atoms with Crippen molar-refractivity contribution in [2.45, 2.75) is 18.9 Å². The summed E-state index contributed by atoms with van der Waals surface area (Å²) >= 11 is 0. The van der Waals surface area contributed by atoms with Crippen molar-refractivity contribution in [3.63, 3.8) is 0 Å². The fourth-order valence-corrected chi connectivity index (χ4v) is 1.74. The van der Waals surface area contributed by atoms with E-state index in [1.165, 1.54) is 0 Å². The van der Waals surface area contributed by atoms with Crippen molar-refractivity contribution in [1.29, 1.82) is 0 Å². The van der Waals surface area contributed by atoms with Gasteiger partial charge in [-0.3, -0.25) is 4.79 Å². The van der Waals surface area contributed by atoms with Crippen LogP contribution in [0.2, 0.25) is 0 Å². The van der Waals surface area contributed by atoms with E-state index in [9.17, 15) is 4.79 Å². The van der Waals surface area contributed by atoms with Crippen molar-refractivity contribution in [2.24, 2.45) is 0 Å². The maximum Gasteiger partial charge on any atom is 0.236 e. The molecule has 0 spiro atoms. The Morgan fingerprint density at radius 3 is 3.14 bits per heavy atom. The molecule has 1 atom stereocenters. The third-order valence-electron chi connectivity index (χ3n) is 2.47. The van der Waals surface area contributed by atoms with Crippen LogP contribution in [0, 0.1) is 0 Å². The minimum absolute atomic E-state index is 0.0352. The Balaban J connectivity index is 2.31. The molecule has 1 saturated heterocycles. The highest BCUT2D eigenvalue weighted by atomic mass is 16.3. The molecule has 1 rings (SSSR count). The van der Waals surface area contributed by atoms with E-state index in [4.69, 9.17) is 5.11 Å². The molecular weight excluding hydrogens is 180 g/mol. The van der Waals surface area contributed by atoms with Gasteiger partial charge in [0.1, 0.15) is 0 Å². The van der Waals surface area contributed by atoms with Crippen LogP contribution >= 0.6 is 0 Å². The first-order valence-corrected chi connectivity index (χ1v) is 5.01. The number of hydrogen-bond donors (Lipinski definition) is 2. The van der Waals surface area contributed by atoms with Crippen LogP contribution in [-0.4, -0.2) is 48.2 Å². The Hall–Kier alpha value is -0.870. The van der Waals surface area contributed by atoms with E-state index in [0.29, 0.717) is 13.1 Å². The molecule has 14 heavy (non-hydrogen) atoms. The maximum absolute atomic E-state index is 11.6. The van der Waals surface area contributed by atoms with Crippen molar-refractivity contribution in [1.82, 2.24) is 10.2 Å². The SMILES string of the molecule is C=CCNCC(=O)N1CCC[C@H]1CO. The average molecular weight is 198 g/mol. The van der Waals surface area contributed by atoms with Gasteiger partial charge in [0.25, 0.3) is 0 Å². The number of amides is 1. The monoisotopic (exact) mass is 198 g/mol. The zero-order valence-corrected chi connectivity index (χ0v) is 8.41. The molecule has 0 unspecified atom stereocenters. The Kier molecular flexibility index (Phi) is 4.62. The van der Waals surface area contributed by atoms with Crippen LogP contribution in [0.15, 0.2) is 12.7 Å². The van der Waals surface area contributed by atoms with Crippen molar-refractivity contribution >= 4 is 5.91 Å². The molecular formula is C10H18N2O2. The number of carbonyl (C=O) groups is 1. The predicted molar refractivity (Wildman–Crippen MR) is 54.9 cm³/mol. The number of rotatable bonds is 5. The Morgan fingerprint density at radius 2 is 2.50 bits per heavy atom. The Labute approximate surface area is 84.6 Å². The predicted octanol–water partition coefficient (Wildman–Crippen LogP) is -0.255. The minimum atomic E-state index is 0.0352. The summed E-state index contributed by atoms with van der Waals surface area (Å²) in [6.45, 7) is 5.39. The molecule has 0 aromatic heterocycles. The van der Waals surface area contributed by atoms with Crippen LogP contribution in [0.25, 0.3) is 0 Å². The summed E-state index contributed by atoms with van der Waals surface area (Å²) in [6.07, 6.45) is 3.64. The largest absolute Gasteiger partial charge is 0.394 e. The molecule has 0 aliphatic carbocycles. The normalized spacial score (nSPS) is 21.2. The van der Waals surface area contributed by atoms with E-state index in [0.717, 1.165) is 19.4 Å². The molecule has 80 valence electrons. The van der Waals surface area contributed by atoms with E-state index < -0.39 is 0 Å². The number of aliphatic hydroxyl groups is 1. The quantitative estimate of drug-likeness (QED) is 0.473. The van der Waals surface area contributed by atoms with Gasteiger partial charge in [0.05, 0.1) is 19.2 Å². The Morgan fingerprint density at radius 1 is 1.71 bits per heavy atom. The number of hydrogen-bond acceptors (Lipinski definition) is 3. The lowest BCUT2D eigenvalue weighted by Crippen LogP contribution is -2.42. The second-order valence-corrected chi connectivity index (χ2v) is 3.49. The summed E-state index contributed by atoms with van der Waals surface area (Å²) in [5, 5.41) is 12.0. The third kappa shape index (κ3) is 2.82. The first kappa shape index (κ1) is 11.2. The average Bonchev–Trinajstić information content (AvgIpc) is 2.65. The van der Waals surface area contributed by atoms with Gasteiger partial charge in [0, 0.05) is 13.1 Å². The van der Waals surface area contributed by atoms with Crippen LogP contribution in [0.5, 0.6) is 0 Å². The number of nitrogens with zero attached hydrogens (tertiary/aromatic N) is 1. The van der Waals surface area contributed by atoms with Crippen molar-refractivity contribution < 1.29 is 9.90 Å². The van der Waals surface area contributed by atoms with E-state index in [1.54, 1.807) is 11.0 Å². The lowest BCUT2D eigenvalue weighted by Gasteiger charge is -2.22. The van der Waals surface area contributed by atoms with Gasteiger partial charge in [-0.25, -0.2) is 0 Å². The lowest BCUT2D eigenvalue weighted by molar-refractivity contribution is -0.131. The van der Waals surface area contributed by atoms with Gasteiger partial charge in [-0.2, -0.15) is 0 Å². The Bertz CT molecular complexity index is 206. The molecule has 0 saturated carbocycles. The number of carbonyl (C=O) groups excluding carboxylic acids is 1. The number of aliphatic hydroxyl groups excluding tert-OH is 1. The van der Waals surface area contributed by atoms with Gasteiger partial charge < -0.3 is 15.3 Å². The molecule has 1 fully saturated rings. The van der Waals surface area contributed by atoms with E-state index in [2.05, 4.69) is 11.9 Å². The molecule has 0 aromatic rings. The molecule has 1 aliphatic rings. The lowest BCUT2D eigenvalue weighted by atomic mass is 10.2. The van der Waals surface area contributed by atoms with Crippen molar-refractivity contribution in [3.05, 3.63) is 12.7 Å². The maximum atomic E-state index is 11.6. The molecule has 2 N–H and O–H groups in total. The molecule has 4 nitrogen and oxygen atoms in total. The molecule has 0 aromatic carbocycles. The summed E-state index contributed by atoms with van der Waals surface area (Å²) in [5.74, 6) is 0.0726. The first-order chi connectivity index (χ1) is 6.79. The first-order valence-electron chi connectivity index (χ1n) is 5.01. The summed E-state index contributed by atoms with van der Waals surface area (Å²) in [7, 11) is 0. The van der Waals surface area contributed by atoms with Gasteiger partial charge in [0.2, 0.25) is 5.91 Å². The summed E-state index contributed by atoms with van der Waals surface area (Å²) in [4.78, 5) is 13.4. The fourth-order valence-electron chi connectivity index (χ4n) is 1.74. The van der Waals surface area contributed by atoms with Crippen LogP contribution in [0.4, 0.5) is 0 Å². The zero-order valence-electron chi connectivity index (χ0n) is 8.41. The second kappa shape index (κ2) is 5.78. The van der Waals surface area contributed by atoms with Crippen LogP contribution in [-0.2, 0) is 4.79 Å². The highest BCUT2D eigenvalue weighted by Gasteiger charge is 2.27. The molecule has 0 bridgehead atoms. The minimum Gasteiger partial charge on any atom is -0.394 e. The molecule has 1 aliphatic heterocycles. The van der Waals surface area contributed by atoms with E-state index in [1.807, 2.05) is 0 Å². The van der Waals surface area contributed by atoms with Crippen LogP contribution < -0.4 is 5.32 Å². The van der Waals surface area contributed by atoms with Crippen molar-refractivity contribution in [2.75, 3.05) is 26.2 Å². The van der Waals surface area contributed by atoms with Gasteiger partial charge >= 0.3 is 0 Å². The van der Waals surface area contributed by atoms with Gasteiger partial charge in [-0.1, -0.05) is 6.08 Å². The van der Waals surface area contributed by atoms with Gasteiger partial charge in [-0.05, 0) is 12.8 Å². The van der Waals surface area contributed by atoms with E-state index >= 15 is 0 Å². The summed E-state index contributed by atoms with van der Waals surface area (Å²) in [6, 6.07) is 0.0352.